The number of rotatable bonds is 4. The zero-order valence-corrected chi connectivity index (χ0v) is 14.7. The summed E-state index contributed by atoms with van der Waals surface area (Å²) in [6, 6.07) is 6.18. The minimum absolute atomic E-state index is 0. The third-order valence-corrected chi connectivity index (χ3v) is 2.60. The van der Waals surface area contributed by atoms with E-state index in [4.69, 9.17) is 4.74 Å². The van der Waals surface area contributed by atoms with Gasteiger partial charge in [-0.2, -0.15) is 0 Å². The average Bonchev–Trinajstić information content (AvgIpc) is 2.35. The van der Waals surface area contributed by atoms with E-state index in [1.54, 1.807) is 7.11 Å². The van der Waals surface area contributed by atoms with Gasteiger partial charge in [0.15, 0.2) is 5.96 Å². The normalized spacial score (nSPS) is 10.7. The second-order valence-corrected chi connectivity index (χ2v) is 4.38. The second-order valence-electron chi connectivity index (χ2n) is 4.38. The van der Waals surface area contributed by atoms with Crippen molar-refractivity contribution in [2.45, 2.75) is 20.4 Å². The molecule has 0 aliphatic heterocycles. The molecule has 0 fully saturated rings. The molecule has 5 heteroatoms. The Labute approximate surface area is 133 Å². The summed E-state index contributed by atoms with van der Waals surface area (Å²) in [5.41, 5.74) is 2.29. The Kier molecular flexibility index (Phi) is 8.54. The fraction of sp³-hybridized carbons (Fsp3) is 0.500. The molecule has 0 saturated carbocycles. The Balaban J connectivity index is 0.00000324. The lowest BCUT2D eigenvalue weighted by atomic mass is 10.1. The first kappa shape index (κ1) is 18.0. The third kappa shape index (κ3) is 5.67. The lowest BCUT2D eigenvalue weighted by molar-refractivity contribution is 0.409. The highest BCUT2D eigenvalue weighted by molar-refractivity contribution is 14.0. The van der Waals surface area contributed by atoms with Gasteiger partial charge in [0.25, 0.3) is 0 Å². The molecule has 1 aromatic rings. The van der Waals surface area contributed by atoms with E-state index in [1.165, 1.54) is 5.56 Å². The fourth-order valence-electron chi connectivity index (χ4n) is 1.66. The summed E-state index contributed by atoms with van der Waals surface area (Å²) in [4.78, 5) is 6.55. The van der Waals surface area contributed by atoms with Gasteiger partial charge in [-0.3, -0.25) is 0 Å². The predicted octanol–water partition coefficient (Wildman–Crippen LogP) is 2.65. The van der Waals surface area contributed by atoms with Crippen molar-refractivity contribution in [3.63, 3.8) is 0 Å². The number of hydrogen-bond donors (Lipinski definition) is 1. The van der Waals surface area contributed by atoms with Crippen LogP contribution in [0.2, 0.25) is 0 Å². The molecule has 1 aromatic carbocycles. The van der Waals surface area contributed by atoms with E-state index in [9.17, 15) is 0 Å². The van der Waals surface area contributed by atoms with Crippen LogP contribution >= 0.6 is 24.0 Å². The highest BCUT2D eigenvalue weighted by atomic mass is 127. The summed E-state index contributed by atoms with van der Waals surface area (Å²) >= 11 is 0. The number of nitrogens with zero attached hydrogens (tertiary/aromatic N) is 2. The van der Waals surface area contributed by atoms with Gasteiger partial charge >= 0.3 is 0 Å². The van der Waals surface area contributed by atoms with E-state index in [0.29, 0.717) is 6.54 Å². The van der Waals surface area contributed by atoms with Crippen LogP contribution in [0.1, 0.15) is 18.1 Å². The first-order valence-electron chi connectivity index (χ1n) is 6.17. The molecular weight excluding hydrogens is 353 g/mol. The molecule has 0 heterocycles. The van der Waals surface area contributed by atoms with Crippen molar-refractivity contribution in [1.82, 2.24) is 10.2 Å². The Morgan fingerprint density at radius 2 is 2.05 bits per heavy atom. The second kappa shape index (κ2) is 9.01. The minimum Gasteiger partial charge on any atom is -0.496 e. The Morgan fingerprint density at radius 3 is 2.58 bits per heavy atom. The number of benzene rings is 1. The van der Waals surface area contributed by atoms with Gasteiger partial charge in [0.1, 0.15) is 5.75 Å². The lowest BCUT2D eigenvalue weighted by Gasteiger charge is -2.17. The van der Waals surface area contributed by atoms with Crippen LogP contribution in [-0.2, 0) is 6.54 Å². The van der Waals surface area contributed by atoms with Gasteiger partial charge in [0, 0.05) is 26.2 Å². The summed E-state index contributed by atoms with van der Waals surface area (Å²) in [6.07, 6.45) is 0. The summed E-state index contributed by atoms with van der Waals surface area (Å²) in [5, 5.41) is 3.24. The number of hydrogen-bond acceptors (Lipinski definition) is 2. The van der Waals surface area contributed by atoms with Crippen LogP contribution in [0.25, 0.3) is 0 Å². The van der Waals surface area contributed by atoms with E-state index in [1.807, 2.05) is 25.1 Å². The number of guanidine groups is 1. The average molecular weight is 377 g/mol. The van der Waals surface area contributed by atoms with Crippen molar-refractivity contribution >= 4 is 29.9 Å². The molecule has 4 nitrogen and oxygen atoms in total. The summed E-state index contributed by atoms with van der Waals surface area (Å²) < 4.78 is 5.38. The van der Waals surface area contributed by atoms with Crippen molar-refractivity contribution < 1.29 is 4.74 Å². The number of nitrogens with one attached hydrogen (secondary N) is 1. The van der Waals surface area contributed by atoms with Crippen LogP contribution in [0.3, 0.4) is 0 Å². The van der Waals surface area contributed by atoms with Gasteiger partial charge in [-0.05, 0) is 25.5 Å². The van der Waals surface area contributed by atoms with Crippen LogP contribution in [-0.4, -0.2) is 38.6 Å². The molecule has 0 aromatic heterocycles. The maximum Gasteiger partial charge on any atom is 0.193 e. The van der Waals surface area contributed by atoms with Crippen molar-refractivity contribution in [3.05, 3.63) is 29.3 Å². The van der Waals surface area contributed by atoms with Gasteiger partial charge in [-0.15, -0.1) is 24.0 Å². The number of aliphatic imine (C=N–C) groups is 1. The molecule has 0 amide bonds. The number of methoxy groups -OCH3 is 1. The van der Waals surface area contributed by atoms with Gasteiger partial charge in [0.05, 0.1) is 13.7 Å². The zero-order valence-electron chi connectivity index (χ0n) is 12.4. The zero-order chi connectivity index (χ0) is 13.5. The van der Waals surface area contributed by atoms with Gasteiger partial charge in [-0.1, -0.05) is 12.1 Å². The number of aryl methyl sites for hydroxylation is 1. The van der Waals surface area contributed by atoms with Crippen molar-refractivity contribution in [1.29, 1.82) is 0 Å². The molecule has 0 radical (unpaired) electrons. The number of halogens is 1. The van der Waals surface area contributed by atoms with Crippen LogP contribution in [0.15, 0.2) is 23.2 Å². The monoisotopic (exact) mass is 377 g/mol. The van der Waals surface area contributed by atoms with Gasteiger partial charge < -0.3 is 15.0 Å². The largest absolute Gasteiger partial charge is 0.496 e. The Morgan fingerprint density at radius 1 is 1.37 bits per heavy atom. The first-order chi connectivity index (χ1) is 8.58. The van der Waals surface area contributed by atoms with Crippen molar-refractivity contribution in [2.75, 3.05) is 27.7 Å². The fourth-order valence-corrected chi connectivity index (χ4v) is 1.66. The summed E-state index contributed by atoms with van der Waals surface area (Å²) in [7, 11) is 5.65. The first-order valence-corrected chi connectivity index (χ1v) is 6.17. The molecule has 0 bridgehead atoms. The van der Waals surface area contributed by atoms with E-state index < -0.39 is 0 Å². The predicted molar refractivity (Wildman–Crippen MR) is 91.6 cm³/mol. The van der Waals surface area contributed by atoms with E-state index in [0.717, 1.165) is 23.8 Å². The molecule has 0 unspecified atom stereocenters. The highest BCUT2D eigenvalue weighted by Crippen LogP contribution is 2.20. The van der Waals surface area contributed by atoms with Crippen molar-refractivity contribution in [2.24, 2.45) is 4.99 Å². The van der Waals surface area contributed by atoms with Crippen LogP contribution < -0.4 is 10.1 Å². The molecule has 0 aliphatic rings. The lowest BCUT2D eigenvalue weighted by Crippen LogP contribution is -2.36. The topological polar surface area (TPSA) is 36.9 Å². The number of ether oxygens (including phenoxy) is 1. The van der Waals surface area contributed by atoms with Crippen LogP contribution in [0, 0.1) is 6.92 Å². The molecule has 0 spiro atoms. The molecule has 108 valence electrons. The SMILES string of the molecule is CCNC(=NCc1ccc(C)cc1OC)N(C)C.I. The van der Waals surface area contributed by atoms with Crippen LogP contribution in [0.5, 0.6) is 5.75 Å². The van der Waals surface area contributed by atoms with Crippen LogP contribution in [0.4, 0.5) is 0 Å². The Bertz CT molecular complexity index is 419. The standard InChI is InChI=1S/C14H23N3O.HI/c1-6-15-14(17(3)4)16-10-12-8-7-11(2)9-13(12)18-5;/h7-9H,6,10H2,1-5H3,(H,15,16);1H. The van der Waals surface area contributed by atoms with E-state index in [2.05, 4.69) is 36.3 Å². The quantitative estimate of drug-likeness (QED) is 0.498. The molecule has 1 rings (SSSR count). The molecular formula is C14H24IN3O. The Hall–Kier alpha value is -0.980. The third-order valence-electron chi connectivity index (χ3n) is 2.60. The molecule has 0 aliphatic carbocycles. The molecule has 19 heavy (non-hydrogen) atoms. The van der Waals surface area contributed by atoms with Crippen molar-refractivity contribution in [3.8, 4) is 5.75 Å². The maximum absolute atomic E-state index is 5.38. The summed E-state index contributed by atoms with van der Waals surface area (Å²) in [5.74, 6) is 1.79. The van der Waals surface area contributed by atoms with Gasteiger partial charge in [0.2, 0.25) is 0 Å². The van der Waals surface area contributed by atoms with E-state index in [-0.39, 0.29) is 24.0 Å². The molecule has 0 saturated heterocycles. The molecule has 0 atom stereocenters. The van der Waals surface area contributed by atoms with Gasteiger partial charge in [-0.25, -0.2) is 4.99 Å². The maximum atomic E-state index is 5.38. The molecule has 1 N–H and O–H groups in total. The highest BCUT2D eigenvalue weighted by Gasteiger charge is 2.04. The smallest absolute Gasteiger partial charge is 0.193 e. The summed E-state index contributed by atoms with van der Waals surface area (Å²) in [6.45, 7) is 5.59. The van der Waals surface area contributed by atoms with E-state index >= 15 is 0 Å². The minimum atomic E-state index is 0.